The predicted octanol–water partition coefficient (Wildman–Crippen LogP) is 2.29. The Morgan fingerprint density at radius 1 is 1.50 bits per heavy atom. The first-order chi connectivity index (χ1) is 10.2. The first-order valence-corrected chi connectivity index (χ1v) is 7.59. The minimum absolute atomic E-state index is 0.109. The second-order valence-corrected chi connectivity index (χ2v) is 7.29. The summed E-state index contributed by atoms with van der Waals surface area (Å²) >= 11 is 0. The Labute approximate surface area is 129 Å². The lowest BCUT2D eigenvalue weighted by molar-refractivity contribution is -0.106. The molecule has 3 heterocycles. The number of likely N-dealkylation sites (tertiary alicyclic amines) is 1. The number of rotatable bonds is 0. The molecule has 22 heavy (non-hydrogen) atoms. The first kappa shape index (κ1) is 15.1. The predicted molar refractivity (Wildman–Crippen MR) is 80.7 cm³/mol. The van der Waals surface area contributed by atoms with Gasteiger partial charge < -0.3 is 19.7 Å². The molecular formula is C16H22N2O4. The summed E-state index contributed by atoms with van der Waals surface area (Å²) in [4.78, 5) is 27.7. The van der Waals surface area contributed by atoms with Crippen molar-refractivity contribution in [3.05, 3.63) is 33.7 Å². The normalized spacial score (nSPS) is 28.0. The fourth-order valence-corrected chi connectivity index (χ4v) is 3.73. The topological polar surface area (TPSA) is 82.6 Å². The molecule has 3 rings (SSSR count). The Kier molecular flexibility index (Phi) is 3.32. The molecule has 0 radical (unpaired) electrons. The molecule has 2 atom stereocenters. The van der Waals surface area contributed by atoms with Gasteiger partial charge in [-0.2, -0.15) is 0 Å². The van der Waals surface area contributed by atoms with Gasteiger partial charge in [-0.25, -0.2) is 4.79 Å². The van der Waals surface area contributed by atoms with Crippen molar-refractivity contribution in [2.45, 2.75) is 51.9 Å². The molecule has 1 amide bonds. The average molecular weight is 306 g/mol. The highest BCUT2D eigenvalue weighted by Crippen LogP contribution is 2.47. The van der Waals surface area contributed by atoms with Gasteiger partial charge in [-0.15, -0.1) is 0 Å². The number of ether oxygens (including phenoxy) is 1. The third-order valence-electron chi connectivity index (χ3n) is 4.95. The zero-order valence-corrected chi connectivity index (χ0v) is 13.2. The Morgan fingerprint density at radius 3 is 2.86 bits per heavy atom. The lowest BCUT2D eigenvalue weighted by Gasteiger charge is -2.48. The van der Waals surface area contributed by atoms with Gasteiger partial charge in [0.2, 0.25) is 0 Å². The van der Waals surface area contributed by atoms with E-state index < -0.39 is 11.7 Å². The number of aromatic amines is 1. The van der Waals surface area contributed by atoms with Crippen LogP contribution in [0, 0.1) is 5.41 Å². The van der Waals surface area contributed by atoms with Crippen LogP contribution in [-0.4, -0.2) is 33.7 Å². The lowest BCUT2D eigenvalue weighted by atomic mass is 9.73. The van der Waals surface area contributed by atoms with Crippen molar-refractivity contribution < 1.29 is 14.6 Å². The molecule has 120 valence electrons. The molecular weight excluding hydrogens is 284 g/mol. The monoisotopic (exact) mass is 306 g/mol. The molecule has 1 saturated heterocycles. The summed E-state index contributed by atoms with van der Waals surface area (Å²) in [7, 11) is 0. The van der Waals surface area contributed by atoms with Crippen LogP contribution in [0.25, 0.3) is 0 Å². The number of pyridine rings is 1. The van der Waals surface area contributed by atoms with Gasteiger partial charge in [0.1, 0.15) is 0 Å². The summed E-state index contributed by atoms with van der Waals surface area (Å²) in [5, 5.41) is 9.47. The number of fused-ring (bicyclic) bond motifs is 2. The molecule has 2 aliphatic rings. The molecule has 1 aromatic rings. The molecule has 2 N–H and O–H groups in total. The van der Waals surface area contributed by atoms with E-state index in [0.717, 1.165) is 5.56 Å². The van der Waals surface area contributed by atoms with Crippen molar-refractivity contribution >= 4 is 6.09 Å². The molecule has 2 unspecified atom stereocenters. The quantitative estimate of drug-likeness (QED) is 0.770. The van der Waals surface area contributed by atoms with Gasteiger partial charge in [-0.05, 0) is 23.5 Å². The van der Waals surface area contributed by atoms with E-state index in [9.17, 15) is 14.7 Å². The Morgan fingerprint density at radius 2 is 2.23 bits per heavy atom. The SMILES string of the molecule is CC(C)(C)C1CC2(CCN1C(=O)O)OCc1c2cc[nH]c1=O. The maximum absolute atomic E-state index is 11.9. The van der Waals surface area contributed by atoms with Crippen LogP contribution in [0.3, 0.4) is 0 Å². The fraction of sp³-hybridized carbons (Fsp3) is 0.625. The van der Waals surface area contributed by atoms with Crippen molar-refractivity contribution in [2.24, 2.45) is 5.41 Å². The standard InChI is InChI=1S/C16H22N2O4/c1-15(2,3)12-8-16(5-7-18(12)14(20)21)11-4-6-17-13(19)10(11)9-22-16/h4,6,12H,5,7-9H2,1-3H3,(H,17,19)(H,20,21). The van der Waals surface area contributed by atoms with Crippen molar-refractivity contribution in [1.82, 2.24) is 9.88 Å². The number of amides is 1. The van der Waals surface area contributed by atoms with Crippen LogP contribution >= 0.6 is 0 Å². The number of carboxylic acid groups (broad SMARTS) is 1. The number of nitrogens with one attached hydrogen (secondary N) is 1. The maximum atomic E-state index is 11.9. The number of H-pyrrole nitrogens is 1. The Hall–Kier alpha value is -1.82. The molecule has 0 aliphatic carbocycles. The minimum Gasteiger partial charge on any atom is -0.465 e. The molecule has 0 aromatic carbocycles. The van der Waals surface area contributed by atoms with Crippen LogP contribution < -0.4 is 5.56 Å². The van der Waals surface area contributed by atoms with Crippen LogP contribution in [0.4, 0.5) is 4.79 Å². The zero-order valence-electron chi connectivity index (χ0n) is 13.2. The fourth-order valence-electron chi connectivity index (χ4n) is 3.73. The van der Waals surface area contributed by atoms with Crippen molar-refractivity contribution in [3.63, 3.8) is 0 Å². The lowest BCUT2D eigenvalue weighted by Crippen LogP contribution is -2.55. The van der Waals surface area contributed by atoms with E-state index >= 15 is 0 Å². The summed E-state index contributed by atoms with van der Waals surface area (Å²) in [6.07, 6.45) is 1.92. The smallest absolute Gasteiger partial charge is 0.407 e. The number of aromatic nitrogens is 1. The highest BCUT2D eigenvalue weighted by atomic mass is 16.5. The molecule has 1 spiro atoms. The molecule has 1 fully saturated rings. The van der Waals surface area contributed by atoms with Crippen LogP contribution in [0.5, 0.6) is 0 Å². The number of hydrogen-bond donors (Lipinski definition) is 2. The zero-order chi connectivity index (χ0) is 16.1. The number of nitrogens with zero attached hydrogens (tertiary/aromatic N) is 1. The second kappa shape index (κ2) is 4.84. The first-order valence-electron chi connectivity index (χ1n) is 7.59. The van der Waals surface area contributed by atoms with Crippen LogP contribution in [0.1, 0.15) is 44.7 Å². The van der Waals surface area contributed by atoms with Crippen molar-refractivity contribution in [1.29, 1.82) is 0 Å². The Bertz CT molecular complexity index is 661. The van der Waals surface area contributed by atoms with Crippen LogP contribution in [-0.2, 0) is 16.9 Å². The van der Waals surface area contributed by atoms with E-state index in [1.165, 1.54) is 4.90 Å². The highest BCUT2D eigenvalue weighted by molar-refractivity contribution is 5.66. The summed E-state index contributed by atoms with van der Waals surface area (Å²) < 4.78 is 6.05. The number of carbonyl (C=O) groups is 1. The van der Waals surface area contributed by atoms with E-state index in [-0.39, 0.29) is 17.0 Å². The van der Waals surface area contributed by atoms with E-state index in [2.05, 4.69) is 4.98 Å². The van der Waals surface area contributed by atoms with Gasteiger partial charge >= 0.3 is 6.09 Å². The van der Waals surface area contributed by atoms with Gasteiger partial charge in [0, 0.05) is 30.8 Å². The van der Waals surface area contributed by atoms with E-state index in [1.54, 1.807) is 6.20 Å². The molecule has 2 aliphatic heterocycles. The highest BCUT2D eigenvalue weighted by Gasteiger charge is 2.50. The molecule has 6 nitrogen and oxygen atoms in total. The van der Waals surface area contributed by atoms with Crippen molar-refractivity contribution in [2.75, 3.05) is 6.54 Å². The minimum atomic E-state index is -0.890. The Balaban J connectivity index is 2.01. The maximum Gasteiger partial charge on any atom is 0.407 e. The van der Waals surface area contributed by atoms with Gasteiger partial charge in [-0.1, -0.05) is 20.8 Å². The largest absolute Gasteiger partial charge is 0.465 e. The summed E-state index contributed by atoms with van der Waals surface area (Å²) in [5.74, 6) is 0. The third kappa shape index (κ3) is 2.22. The third-order valence-corrected chi connectivity index (χ3v) is 4.95. The van der Waals surface area contributed by atoms with Gasteiger partial charge in [0.15, 0.2) is 0 Å². The van der Waals surface area contributed by atoms with E-state index in [4.69, 9.17) is 4.74 Å². The molecule has 0 bridgehead atoms. The molecule has 1 aromatic heterocycles. The van der Waals surface area contributed by atoms with Crippen molar-refractivity contribution in [3.8, 4) is 0 Å². The summed E-state index contributed by atoms with van der Waals surface area (Å²) in [5.41, 5.74) is 0.768. The van der Waals surface area contributed by atoms with Gasteiger partial charge in [-0.3, -0.25) is 4.79 Å². The number of piperidine rings is 1. The van der Waals surface area contributed by atoms with Gasteiger partial charge in [0.25, 0.3) is 5.56 Å². The molecule has 6 heteroatoms. The average Bonchev–Trinajstić information content (AvgIpc) is 2.78. The van der Waals surface area contributed by atoms with E-state index in [0.29, 0.717) is 31.6 Å². The number of hydrogen-bond acceptors (Lipinski definition) is 3. The summed E-state index contributed by atoms with van der Waals surface area (Å²) in [6.45, 7) is 6.85. The van der Waals surface area contributed by atoms with Gasteiger partial charge in [0.05, 0.1) is 12.2 Å². The van der Waals surface area contributed by atoms with Crippen LogP contribution in [0.15, 0.2) is 17.1 Å². The second-order valence-electron chi connectivity index (χ2n) is 7.29. The summed E-state index contributed by atoms with van der Waals surface area (Å²) in [6, 6.07) is 1.75. The molecule has 0 saturated carbocycles. The van der Waals surface area contributed by atoms with E-state index in [1.807, 2.05) is 26.8 Å². The van der Waals surface area contributed by atoms with Crippen LogP contribution in [0.2, 0.25) is 0 Å².